The molecule has 0 aliphatic heterocycles. The second kappa shape index (κ2) is 8.01. The van der Waals surface area contributed by atoms with Gasteiger partial charge in [-0.3, -0.25) is 0 Å². The first kappa shape index (κ1) is 17.3. The molecule has 0 fully saturated rings. The summed E-state index contributed by atoms with van der Waals surface area (Å²) in [7, 11) is 0. The molecule has 0 aliphatic rings. The lowest BCUT2D eigenvalue weighted by Crippen LogP contribution is -2.00. The molecule has 126 valence electrons. The normalized spacial score (nSPS) is 11.0. The van der Waals surface area contributed by atoms with Gasteiger partial charge in [0, 0.05) is 27.8 Å². The van der Waals surface area contributed by atoms with Crippen LogP contribution in [0.1, 0.15) is 11.3 Å². The fraction of sp³-hybridized carbons (Fsp3) is 0.0526. The molecule has 0 aliphatic carbocycles. The van der Waals surface area contributed by atoms with Gasteiger partial charge in [0.2, 0.25) is 0 Å². The van der Waals surface area contributed by atoms with Gasteiger partial charge in [0.15, 0.2) is 5.76 Å². The molecule has 25 heavy (non-hydrogen) atoms. The molecule has 1 heterocycles. The average molecular weight is 374 g/mol. The smallest absolute Gasteiger partial charge is 0.331 e. The summed E-state index contributed by atoms with van der Waals surface area (Å²) in [6.07, 6.45) is 2.92. The van der Waals surface area contributed by atoms with E-state index in [2.05, 4.69) is 5.16 Å². The summed E-state index contributed by atoms with van der Waals surface area (Å²) in [5, 5.41) is 5.10. The van der Waals surface area contributed by atoms with E-state index in [0.29, 0.717) is 21.5 Å². The lowest BCUT2D eigenvalue weighted by molar-refractivity contribution is -0.139. The topological polar surface area (TPSA) is 52.3 Å². The Hall–Kier alpha value is -2.56. The molecule has 0 spiro atoms. The van der Waals surface area contributed by atoms with E-state index in [-0.39, 0.29) is 6.61 Å². The molecule has 4 nitrogen and oxygen atoms in total. The molecule has 0 saturated heterocycles. The van der Waals surface area contributed by atoms with E-state index in [1.165, 1.54) is 6.08 Å². The first-order valence-electron chi connectivity index (χ1n) is 7.43. The first-order valence-corrected chi connectivity index (χ1v) is 8.18. The van der Waals surface area contributed by atoms with Crippen molar-refractivity contribution < 1.29 is 14.1 Å². The molecule has 0 unspecified atom stereocenters. The number of nitrogens with zero attached hydrogens (tertiary/aromatic N) is 1. The Labute approximate surface area is 154 Å². The Bertz CT molecular complexity index is 901. The zero-order valence-electron chi connectivity index (χ0n) is 13.0. The summed E-state index contributed by atoms with van der Waals surface area (Å²) in [6.45, 7) is 0.0167. The Morgan fingerprint density at radius 2 is 1.88 bits per heavy atom. The highest BCUT2D eigenvalue weighted by atomic mass is 35.5. The fourth-order valence-electron chi connectivity index (χ4n) is 2.09. The SMILES string of the molecule is O=C(/C=C/c1ccccc1Cl)OCc1cc(-c2ccc(Cl)cc2)on1. The van der Waals surface area contributed by atoms with Gasteiger partial charge in [-0.1, -0.05) is 46.6 Å². The summed E-state index contributed by atoms with van der Waals surface area (Å²) in [5.74, 6) is 0.0882. The van der Waals surface area contributed by atoms with Gasteiger partial charge in [0.05, 0.1) is 0 Å². The van der Waals surface area contributed by atoms with Crippen molar-refractivity contribution in [2.24, 2.45) is 0 Å². The first-order chi connectivity index (χ1) is 12.1. The summed E-state index contributed by atoms with van der Waals surface area (Å²) in [6, 6.07) is 16.1. The van der Waals surface area contributed by atoms with Crippen LogP contribution in [0.5, 0.6) is 0 Å². The Morgan fingerprint density at radius 3 is 2.64 bits per heavy atom. The molecule has 0 amide bonds. The summed E-state index contributed by atoms with van der Waals surface area (Å²) < 4.78 is 10.4. The Balaban J connectivity index is 1.58. The number of benzene rings is 2. The number of aromatic nitrogens is 1. The van der Waals surface area contributed by atoms with E-state index >= 15 is 0 Å². The quantitative estimate of drug-likeness (QED) is 0.443. The number of carbonyl (C=O) groups is 1. The van der Waals surface area contributed by atoms with E-state index in [0.717, 1.165) is 11.1 Å². The maximum atomic E-state index is 11.8. The van der Waals surface area contributed by atoms with Gasteiger partial charge >= 0.3 is 5.97 Å². The third-order valence-electron chi connectivity index (χ3n) is 3.35. The largest absolute Gasteiger partial charge is 0.456 e. The average Bonchev–Trinajstić information content (AvgIpc) is 3.09. The summed E-state index contributed by atoms with van der Waals surface area (Å²) in [4.78, 5) is 11.8. The Kier molecular flexibility index (Phi) is 5.53. The van der Waals surface area contributed by atoms with Gasteiger partial charge in [-0.05, 0) is 42.0 Å². The third kappa shape index (κ3) is 4.72. The van der Waals surface area contributed by atoms with Crippen LogP contribution in [0.2, 0.25) is 10.0 Å². The van der Waals surface area contributed by atoms with Crippen LogP contribution in [-0.2, 0) is 16.1 Å². The summed E-state index contributed by atoms with van der Waals surface area (Å²) >= 11 is 11.9. The molecule has 3 rings (SSSR count). The van der Waals surface area contributed by atoms with Crippen LogP contribution >= 0.6 is 23.2 Å². The monoisotopic (exact) mass is 373 g/mol. The van der Waals surface area contributed by atoms with Gasteiger partial charge in [-0.15, -0.1) is 0 Å². The molecule has 0 saturated carbocycles. The van der Waals surface area contributed by atoms with Crippen molar-refractivity contribution in [3.63, 3.8) is 0 Å². The van der Waals surface area contributed by atoms with Crippen LogP contribution in [0.4, 0.5) is 0 Å². The van der Waals surface area contributed by atoms with Crippen molar-refractivity contribution in [2.45, 2.75) is 6.61 Å². The molecule has 2 aromatic carbocycles. The van der Waals surface area contributed by atoms with Crippen LogP contribution in [0.15, 0.2) is 65.2 Å². The zero-order chi connectivity index (χ0) is 17.6. The van der Waals surface area contributed by atoms with E-state index in [1.807, 2.05) is 30.3 Å². The maximum Gasteiger partial charge on any atom is 0.331 e. The van der Waals surface area contributed by atoms with E-state index in [1.54, 1.807) is 30.3 Å². The molecule has 0 radical (unpaired) electrons. The van der Waals surface area contributed by atoms with Crippen molar-refractivity contribution in [3.05, 3.63) is 82.0 Å². The van der Waals surface area contributed by atoms with Crippen molar-refractivity contribution in [3.8, 4) is 11.3 Å². The van der Waals surface area contributed by atoms with Crippen LogP contribution in [0.25, 0.3) is 17.4 Å². The predicted octanol–water partition coefficient (Wildman–Crippen LogP) is 5.41. The second-order valence-electron chi connectivity index (χ2n) is 5.15. The minimum Gasteiger partial charge on any atom is -0.456 e. The van der Waals surface area contributed by atoms with Crippen LogP contribution in [-0.4, -0.2) is 11.1 Å². The fourth-order valence-corrected chi connectivity index (χ4v) is 2.42. The molecular formula is C19H13Cl2NO3. The van der Waals surface area contributed by atoms with Gasteiger partial charge < -0.3 is 9.26 Å². The Morgan fingerprint density at radius 1 is 1.12 bits per heavy atom. The number of carbonyl (C=O) groups excluding carboxylic acids is 1. The van der Waals surface area contributed by atoms with E-state index in [9.17, 15) is 4.79 Å². The molecule has 1 aromatic heterocycles. The minimum atomic E-state index is -0.490. The standard InChI is InChI=1S/C19H13Cl2NO3/c20-15-8-5-14(6-9-15)18-11-16(22-25-18)12-24-19(23)10-7-13-3-1-2-4-17(13)21/h1-11H,12H2/b10-7+. The molecule has 3 aromatic rings. The van der Waals surface area contributed by atoms with Gasteiger partial charge in [0.25, 0.3) is 0 Å². The lowest BCUT2D eigenvalue weighted by Gasteiger charge is -1.98. The number of ether oxygens (including phenoxy) is 1. The molecule has 0 atom stereocenters. The van der Waals surface area contributed by atoms with Gasteiger partial charge in [0.1, 0.15) is 12.3 Å². The van der Waals surface area contributed by atoms with Crippen LogP contribution < -0.4 is 0 Å². The number of hydrogen-bond acceptors (Lipinski definition) is 4. The predicted molar refractivity (Wildman–Crippen MR) is 97.2 cm³/mol. The van der Waals surface area contributed by atoms with Crippen molar-refractivity contribution in [1.29, 1.82) is 0 Å². The van der Waals surface area contributed by atoms with Crippen molar-refractivity contribution in [1.82, 2.24) is 5.16 Å². The number of rotatable bonds is 5. The minimum absolute atomic E-state index is 0.0167. The molecule has 0 bridgehead atoms. The van der Waals surface area contributed by atoms with E-state index < -0.39 is 5.97 Å². The highest BCUT2D eigenvalue weighted by molar-refractivity contribution is 6.32. The number of halogens is 2. The van der Waals surface area contributed by atoms with Gasteiger partial charge in [-0.2, -0.15) is 0 Å². The summed E-state index contributed by atoms with van der Waals surface area (Å²) in [5.41, 5.74) is 2.10. The second-order valence-corrected chi connectivity index (χ2v) is 6.00. The number of esters is 1. The van der Waals surface area contributed by atoms with Crippen molar-refractivity contribution in [2.75, 3.05) is 0 Å². The van der Waals surface area contributed by atoms with Crippen LogP contribution in [0, 0.1) is 0 Å². The molecule has 0 N–H and O–H groups in total. The zero-order valence-corrected chi connectivity index (χ0v) is 14.5. The third-order valence-corrected chi connectivity index (χ3v) is 3.95. The molecular weight excluding hydrogens is 361 g/mol. The number of hydrogen-bond donors (Lipinski definition) is 0. The van der Waals surface area contributed by atoms with Crippen molar-refractivity contribution >= 4 is 35.2 Å². The van der Waals surface area contributed by atoms with E-state index in [4.69, 9.17) is 32.5 Å². The highest BCUT2D eigenvalue weighted by Gasteiger charge is 2.08. The van der Waals surface area contributed by atoms with Crippen LogP contribution in [0.3, 0.4) is 0 Å². The lowest BCUT2D eigenvalue weighted by atomic mass is 10.2. The maximum absolute atomic E-state index is 11.8. The van der Waals surface area contributed by atoms with Gasteiger partial charge in [-0.25, -0.2) is 4.79 Å². The molecule has 6 heteroatoms. The highest BCUT2D eigenvalue weighted by Crippen LogP contribution is 2.22.